The van der Waals surface area contributed by atoms with E-state index in [9.17, 15) is 4.79 Å². The molecule has 1 aliphatic heterocycles. The van der Waals surface area contributed by atoms with E-state index in [-0.39, 0.29) is 24.1 Å². The SMILES string of the molecule is CC(C)(C)NCC(COc1nsnc1N1CCOCC1)OC(=O)c1cccc(CON(O)O)c1. The molecule has 1 fully saturated rings. The van der Waals surface area contributed by atoms with E-state index >= 15 is 0 Å². The van der Waals surface area contributed by atoms with E-state index in [2.05, 4.69) is 23.8 Å². The van der Waals surface area contributed by atoms with Crippen LogP contribution in [-0.4, -0.2) is 81.6 Å². The van der Waals surface area contributed by atoms with Gasteiger partial charge in [0.05, 0.1) is 42.5 Å². The number of carbonyl (C=O) groups excluding carboxylic acids is 1. The smallest absolute Gasteiger partial charge is 0.338 e. The van der Waals surface area contributed by atoms with Crippen LogP contribution in [0.4, 0.5) is 5.82 Å². The van der Waals surface area contributed by atoms with Crippen LogP contribution in [0.1, 0.15) is 36.7 Å². The Balaban J connectivity index is 1.65. The van der Waals surface area contributed by atoms with Gasteiger partial charge in [-0.2, -0.15) is 4.37 Å². The molecule has 2 heterocycles. The van der Waals surface area contributed by atoms with Crippen LogP contribution < -0.4 is 15.0 Å². The normalized spacial score (nSPS) is 15.4. The molecule has 0 radical (unpaired) electrons. The first kappa shape index (κ1) is 26.2. The highest BCUT2D eigenvalue weighted by Gasteiger charge is 2.24. The quantitative estimate of drug-likeness (QED) is 0.308. The Bertz CT molecular complexity index is 915. The van der Waals surface area contributed by atoms with Crippen molar-refractivity contribution < 1.29 is 34.3 Å². The number of aromatic nitrogens is 2. The van der Waals surface area contributed by atoms with Crippen molar-refractivity contribution in [1.29, 1.82) is 0 Å². The van der Waals surface area contributed by atoms with Crippen LogP contribution in [0.5, 0.6) is 5.88 Å². The lowest BCUT2D eigenvalue weighted by atomic mass is 10.1. The molecule has 2 aromatic rings. The minimum absolute atomic E-state index is 0.0877. The number of carbonyl (C=O) groups is 1. The van der Waals surface area contributed by atoms with Crippen molar-refractivity contribution >= 4 is 23.5 Å². The van der Waals surface area contributed by atoms with Crippen molar-refractivity contribution in [2.75, 3.05) is 44.4 Å². The lowest BCUT2D eigenvalue weighted by Crippen LogP contribution is -2.44. The fraction of sp³-hybridized carbons (Fsp3) is 0.571. The van der Waals surface area contributed by atoms with E-state index in [0.717, 1.165) is 11.7 Å². The van der Waals surface area contributed by atoms with E-state index < -0.39 is 12.1 Å². The Morgan fingerprint density at radius 1 is 1.29 bits per heavy atom. The van der Waals surface area contributed by atoms with Gasteiger partial charge in [0.15, 0.2) is 0 Å². The van der Waals surface area contributed by atoms with Gasteiger partial charge in [-0.3, -0.25) is 10.4 Å². The number of hydrogen-bond donors (Lipinski definition) is 3. The summed E-state index contributed by atoms with van der Waals surface area (Å²) in [7, 11) is 0. The minimum atomic E-state index is -0.601. The molecule has 1 atom stereocenters. The Labute approximate surface area is 202 Å². The average molecular weight is 498 g/mol. The van der Waals surface area contributed by atoms with Crippen LogP contribution >= 0.6 is 11.7 Å². The summed E-state index contributed by atoms with van der Waals surface area (Å²) in [6, 6.07) is 6.51. The highest BCUT2D eigenvalue weighted by molar-refractivity contribution is 6.99. The molecule has 0 bridgehead atoms. The Hall–Kier alpha value is -2.39. The topological polar surface area (TPSA) is 139 Å². The van der Waals surface area contributed by atoms with Crippen LogP contribution in [0.3, 0.4) is 0 Å². The van der Waals surface area contributed by atoms with Gasteiger partial charge in [-0.15, -0.1) is 4.37 Å². The van der Waals surface area contributed by atoms with Crippen molar-refractivity contribution in [3.05, 3.63) is 35.4 Å². The zero-order valence-electron chi connectivity index (χ0n) is 19.5. The van der Waals surface area contributed by atoms with Gasteiger partial charge in [0.25, 0.3) is 5.88 Å². The third-order valence-corrected chi connectivity index (χ3v) is 5.30. The number of nitrogens with one attached hydrogen (secondary N) is 1. The molecule has 0 amide bonds. The maximum absolute atomic E-state index is 12.8. The minimum Gasteiger partial charge on any atom is -0.470 e. The van der Waals surface area contributed by atoms with Crippen LogP contribution in [-0.2, 0) is 20.9 Å². The number of esters is 1. The van der Waals surface area contributed by atoms with E-state index in [4.69, 9.17) is 24.6 Å². The van der Waals surface area contributed by atoms with Crippen molar-refractivity contribution in [3.63, 3.8) is 0 Å². The van der Waals surface area contributed by atoms with E-state index in [0.29, 0.717) is 55.7 Å². The number of nitrogens with zero attached hydrogens (tertiary/aromatic N) is 4. The van der Waals surface area contributed by atoms with Crippen molar-refractivity contribution in [1.82, 2.24) is 19.5 Å². The van der Waals surface area contributed by atoms with Gasteiger partial charge in [-0.05, 0) is 38.5 Å². The van der Waals surface area contributed by atoms with Crippen LogP contribution in [0.15, 0.2) is 24.3 Å². The second kappa shape index (κ2) is 12.4. The third-order valence-electron chi connectivity index (χ3n) is 4.80. The predicted octanol–water partition coefficient (Wildman–Crippen LogP) is 1.88. The van der Waals surface area contributed by atoms with Gasteiger partial charge in [0, 0.05) is 25.2 Å². The molecule has 0 aliphatic carbocycles. The van der Waals surface area contributed by atoms with E-state index in [1.54, 1.807) is 24.3 Å². The molecular weight excluding hydrogens is 466 g/mol. The Morgan fingerprint density at radius 2 is 2.06 bits per heavy atom. The maximum atomic E-state index is 12.8. The summed E-state index contributed by atoms with van der Waals surface area (Å²) in [5, 5.41) is 20.4. The molecule has 1 saturated heterocycles. The highest BCUT2D eigenvalue weighted by Crippen LogP contribution is 2.26. The standard InChI is InChI=1S/C21H31N5O7S/c1-21(2,3)22-12-17(14-31-19-18(23-34-24-19)25-7-9-30-10-8-25)33-20(27)16-6-4-5-15(11-16)13-32-26(28)29/h4-6,11,17,22,28-29H,7-10,12-14H2,1-3H3. The van der Waals surface area contributed by atoms with Gasteiger partial charge in [0.2, 0.25) is 5.82 Å². The second-order valence-corrected chi connectivity index (χ2v) is 9.22. The molecule has 0 saturated carbocycles. The van der Waals surface area contributed by atoms with Gasteiger partial charge in [-0.1, -0.05) is 12.1 Å². The molecule has 12 nitrogen and oxygen atoms in total. The van der Waals surface area contributed by atoms with Gasteiger partial charge < -0.3 is 24.4 Å². The van der Waals surface area contributed by atoms with Crippen LogP contribution in [0, 0.1) is 0 Å². The van der Waals surface area contributed by atoms with E-state index in [1.807, 2.05) is 20.8 Å². The fourth-order valence-electron chi connectivity index (χ4n) is 3.10. The molecule has 188 valence electrons. The molecule has 0 spiro atoms. The first-order chi connectivity index (χ1) is 16.2. The molecule has 1 aromatic carbocycles. The summed E-state index contributed by atoms with van der Waals surface area (Å²) >= 11 is 1.07. The molecule has 13 heteroatoms. The maximum Gasteiger partial charge on any atom is 0.338 e. The number of hydrogen-bond acceptors (Lipinski definition) is 13. The number of rotatable bonds is 11. The van der Waals surface area contributed by atoms with Crippen LogP contribution in [0.2, 0.25) is 0 Å². The largest absolute Gasteiger partial charge is 0.470 e. The first-order valence-corrected chi connectivity index (χ1v) is 11.6. The third kappa shape index (κ3) is 8.43. The second-order valence-electron chi connectivity index (χ2n) is 8.69. The Kier molecular flexibility index (Phi) is 9.53. The van der Waals surface area contributed by atoms with Gasteiger partial charge in [0.1, 0.15) is 12.7 Å². The summed E-state index contributed by atoms with van der Waals surface area (Å²) in [6.45, 7) is 9.02. The highest BCUT2D eigenvalue weighted by atomic mass is 32.1. The number of anilines is 1. The molecule has 1 aliphatic rings. The molecular formula is C21H31N5O7S. The summed E-state index contributed by atoms with van der Waals surface area (Å²) in [5.41, 5.74) is 0.671. The molecule has 1 unspecified atom stereocenters. The van der Waals surface area contributed by atoms with Gasteiger partial charge >= 0.3 is 5.97 Å². The van der Waals surface area contributed by atoms with Crippen molar-refractivity contribution in [2.24, 2.45) is 0 Å². The fourth-order valence-corrected chi connectivity index (χ4v) is 3.62. The monoisotopic (exact) mass is 497 g/mol. The number of ether oxygens (including phenoxy) is 3. The lowest BCUT2D eigenvalue weighted by molar-refractivity contribution is -0.497. The summed E-state index contributed by atoms with van der Waals surface area (Å²) in [5.74, 6) is 0.526. The summed E-state index contributed by atoms with van der Waals surface area (Å²) in [6.07, 6.45) is -0.601. The first-order valence-electron chi connectivity index (χ1n) is 10.8. The molecule has 34 heavy (non-hydrogen) atoms. The molecule has 3 rings (SSSR count). The Morgan fingerprint density at radius 3 is 2.76 bits per heavy atom. The summed E-state index contributed by atoms with van der Waals surface area (Å²) < 4.78 is 25.7. The van der Waals surface area contributed by atoms with Crippen LogP contribution in [0.25, 0.3) is 0 Å². The zero-order valence-corrected chi connectivity index (χ0v) is 20.3. The number of morpholine rings is 1. The zero-order chi connectivity index (χ0) is 24.6. The lowest BCUT2D eigenvalue weighted by Gasteiger charge is -2.27. The predicted molar refractivity (Wildman–Crippen MR) is 122 cm³/mol. The number of benzene rings is 1. The molecule has 3 N–H and O–H groups in total. The molecule has 1 aromatic heterocycles. The van der Waals surface area contributed by atoms with E-state index in [1.165, 1.54) is 0 Å². The summed E-state index contributed by atoms with van der Waals surface area (Å²) in [4.78, 5) is 19.5. The van der Waals surface area contributed by atoms with Crippen molar-refractivity contribution in [2.45, 2.75) is 39.0 Å². The van der Waals surface area contributed by atoms with Gasteiger partial charge in [-0.25, -0.2) is 9.63 Å². The van der Waals surface area contributed by atoms with Crippen molar-refractivity contribution in [3.8, 4) is 5.88 Å². The average Bonchev–Trinajstić information content (AvgIpc) is 3.28.